The summed E-state index contributed by atoms with van der Waals surface area (Å²) in [5.74, 6) is -0.248. The van der Waals surface area contributed by atoms with Crippen LogP contribution in [-0.2, 0) is 6.42 Å². The van der Waals surface area contributed by atoms with Gasteiger partial charge < -0.3 is 10.8 Å². The molecule has 0 aliphatic carbocycles. The number of aliphatic hydroxyl groups is 1. The molecule has 2 nitrogen and oxygen atoms in total. The number of halogens is 2. The van der Waals surface area contributed by atoms with Crippen molar-refractivity contribution in [2.24, 2.45) is 11.1 Å². The lowest BCUT2D eigenvalue weighted by molar-refractivity contribution is 0.120. The van der Waals surface area contributed by atoms with Crippen LogP contribution in [0.1, 0.15) is 25.3 Å². The van der Waals surface area contributed by atoms with Gasteiger partial charge in [0, 0.05) is 16.4 Å². The molecule has 0 saturated heterocycles. The van der Waals surface area contributed by atoms with Crippen LogP contribution in [0.4, 0.5) is 4.39 Å². The third kappa shape index (κ3) is 3.76. The summed E-state index contributed by atoms with van der Waals surface area (Å²) < 4.78 is 14.5. The van der Waals surface area contributed by atoms with Crippen LogP contribution in [0, 0.1) is 11.2 Å². The van der Waals surface area contributed by atoms with Gasteiger partial charge in [0.1, 0.15) is 5.82 Å². The Kier molecular flexibility index (Phi) is 5.56. The van der Waals surface area contributed by atoms with E-state index in [1.807, 2.05) is 13.0 Å². The van der Waals surface area contributed by atoms with E-state index in [0.717, 1.165) is 17.3 Å². The number of rotatable bonds is 6. The molecule has 1 unspecified atom stereocenters. The Hall–Kier alpha value is -0.450. The zero-order valence-electron chi connectivity index (χ0n) is 10.0. The van der Waals surface area contributed by atoms with Crippen LogP contribution < -0.4 is 5.73 Å². The number of hydrogen-bond donors (Lipinski definition) is 2. The van der Waals surface area contributed by atoms with Gasteiger partial charge >= 0.3 is 0 Å². The van der Waals surface area contributed by atoms with Crippen LogP contribution in [0.2, 0.25) is 0 Å². The molecule has 0 heterocycles. The first kappa shape index (κ1) is 14.6. The zero-order chi connectivity index (χ0) is 12.9. The fourth-order valence-electron chi connectivity index (χ4n) is 2.06. The average Bonchev–Trinajstić information content (AvgIpc) is 2.32. The van der Waals surface area contributed by atoms with Crippen molar-refractivity contribution in [3.05, 3.63) is 34.1 Å². The number of hydrogen-bond acceptors (Lipinski definition) is 2. The van der Waals surface area contributed by atoms with Crippen molar-refractivity contribution in [2.45, 2.75) is 26.2 Å². The Labute approximate surface area is 110 Å². The summed E-state index contributed by atoms with van der Waals surface area (Å²) >= 11 is 3.23. The van der Waals surface area contributed by atoms with E-state index < -0.39 is 5.41 Å². The van der Waals surface area contributed by atoms with Crippen molar-refractivity contribution in [1.82, 2.24) is 0 Å². The molecule has 0 bridgehead atoms. The van der Waals surface area contributed by atoms with Gasteiger partial charge in [-0.25, -0.2) is 4.39 Å². The van der Waals surface area contributed by atoms with E-state index in [4.69, 9.17) is 5.73 Å². The quantitative estimate of drug-likeness (QED) is 0.849. The van der Waals surface area contributed by atoms with Crippen molar-refractivity contribution >= 4 is 15.9 Å². The summed E-state index contributed by atoms with van der Waals surface area (Å²) in [5, 5.41) is 9.50. The zero-order valence-corrected chi connectivity index (χ0v) is 11.6. The lowest BCUT2D eigenvalue weighted by Gasteiger charge is -2.30. The molecule has 1 aromatic rings. The second-order valence-electron chi connectivity index (χ2n) is 4.52. The van der Waals surface area contributed by atoms with Crippen LogP contribution in [0.25, 0.3) is 0 Å². The van der Waals surface area contributed by atoms with Gasteiger partial charge in [-0.3, -0.25) is 0 Å². The maximum Gasteiger partial charge on any atom is 0.127 e. The van der Waals surface area contributed by atoms with Gasteiger partial charge in [-0.15, -0.1) is 0 Å². The van der Waals surface area contributed by atoms with Crippen LogP contribution >= 0.6 is 15.9 Å². The molecule has 17 heavy (non-hydrogen) atoms. The molecule has 1 atom stereocenters. The average molecular weight is 304 g/mol. The van der Waals surface area contributed by atoms with Crippen molar-refractivity contribution in [3.8, 4) is 0 Å². The van der Waals surface area contributed by atoms with E-state index in [0.29, 0.717) is 18.5 Å². The smallest absolute Gasteiger partial charge is 0.127 e. The van der Waals surface area contributed by atoms with E-state index in [-0.39, 0.29) is 12.4 Å². The number of benzene rings is 1. The van der Waals surface area contributed by atoms with Crippen LogP contribution in [0.5, 0.6) is 0 Å². The molecule has 0 saturated carbocycles. The maximum atomic E-state index is 13.7. The standard InChI is InChI=1S/C13H19BrFNO/c1-2-5-13(8-16,9-17)7-10-3-4-11(14)6-12(10)15/h3-4,6,17H,2,5,7-9,16H2,1H3. The van der Waals surface area contributed by atoms with Gasteiger partial charge in [-0.1, -0.05) is 35.3 Å². The molecule has 1 aromatic carbocycles. The summed E-state index contributed by atoms with van der Waals surface area (Å²) in [4.78, 5) is 0. The van der Waals surface area contributed by atoms with Gasteiger partial charge in [0.05, 0.1) is 6.61 Å². The minimum Gasteiger partial charge on any atom is -0.396 e. The normalized spacial score (nSPS) is 14.6. The first-order valence-corrected chi connectivity index (χ1v) is 6.61. The monoisotopic (exact) mass is 303 g/mol. The molecular weight excluding hydrogens is 285 g/mol. The Morgan fingerprint density at radius 3 is 2.65 bits per heavy atom. The van der Waals surface area contributed by atoms with Crippen molar-refractivity contribution in [3.63, 3.8) is 0 Å². The highest BCUT2D eigenvalue weighted by Gasteiger charge is 2.28. The highest BCUT2D eigenvalue weighted by molar-refractivity contribution is 9.10. The molecule has 96 valence electrons. The molecular formula is C13H19BrFNO. The summed E-state index contributed by atoms with van der Waals surface area (Å²) in [7, 11) is 0. The number of aliphatic hydroxyl groups excluding tert-OH is 1. The predicted octanol–water partition coefficient (Wildman–Crippen LogP) is 2.87. The largest absolute Gasteiger partial charge is 0.396 e. The Bertz CT molecular complexity index is 366. The van der Waals surface area contributed by atoms with Gasteiger partial charge in [0.15, 0.2) is 0 Å². The predicted molar refractivity (Wildman–Crippen MR) is 71.3 cm³/mol. The van der Waals surface area contributed by atoms with Gasteiger partial charge in [0.25, 0.3) is 0 Å². The lowest BCUT2D eigenvalue weighted by Crippen LogP contribution is -2.36. The summed E-state index contributed by atoms with van der Waals surface area (Å²) in [6.45, 7) is 2.40. The minimum absolute atomic E-state index is 0.00710. The van der Waals surface area contributed by atoms with E-state index in [1.165, 1.54) is 6.07 Å². The SMILES string of the molecule is CCCC(CN)(CO)Cc1ccc(Br)cc1F. The fourth-order valence-corrected chi connectivity index (χ4v) is 2.39. The lowest BCUT2D eigenvalue weighted by atomic mass is 9.78. The fraction of sp³-hybridized carbons (Fsp3) is 0.538. The molecule has 0 aliphatic heterocycles. The molecule has 0 fully saturated rings. The molecule has 0 spiro atoms. The summed E-state index contributed by atoms with van der Waals surface area (Å²) in [5.41, 5.74) is 5.95. The molecule has 0 aromatic heterocycles. The molecule has 0 aliphatic rings. The molecule has 1 rings (SSSR count). The third-order valence-electron chi connectivity index (χ3n) is 3.13. The van der Waals surface area contributed by atoms with E-state index in [9.17, 15) is 9.50 Å². The van der Waals surface area contributed by atoms with Crippen LogP contribution in [-0.4, -0.2) is 18.3 Å². The van der Waals surface area contributed by atoms with Gasteiger partial charge in [-0.2, -0.15) is 0 Å². The second-order valence-corrected chi connectivity index (χ2v) is 5.44. The molecule has 0 radical (unpaired) electrons. The van der Waals surface area contributed by atoms with E-state index in [2.05, 4.69) is 15.9 Å². The van der Waals surface area contributed by atoms with Crippen molar-refractivity contribution in [2.75, 3.05) is 13.2 Å². The van der Waals surface area contributed by atoms with Gasteiger partial charge in [0.2, 0.25) is 0 Å². The van der Waals surface area contributed by atoms with Crippen molar-refractivity contribution < 1.29 is 9.50 Å². The molecule has 3 N–H and O–H groups in total. The Balaban J connectivity index is 2.92. The Morgan fingerprint density at radius 2 is 2.18 bits per heavy atom. The third-order valence-corrected chi connectivity index (χ3v) is 3.62. The topological polar surface area (TPSA) is 46.2 Å². The van der Waals surface area contributed by atoms with Gasteiger partial charge in [-0.05, 0) is 30.5 Å². The summed E-state index contributed by atoms with van der Waals surface area (Å²) in [6, 6.07) is 5.00. The first-order valence-electron chi connectivity index (χ1n) is 5.82. The van der Waals surface area contributed by atoms with Crippen molar-refractivity contribution in [1.29, 1.82) is 0 Å². The molecule has 0 amide bonds. The van der Waals surface area contributed by atoms with Crippen LogP contribution in [0.15, 0.2) is 22.7 Å². The highest BCUT2D eigenvalue weighted by Crippen LogP contribution is 2.29. The highest BCUT2D eigenvalue weighted by atomic mass is 79.9. The molecule has 4 heteroatoms. The van der Waals surface area contributed by atoms with E-state index >= 15 is 0 Å². The first-order chi connectivity index (χ1) is 8.06. The van der Waals surface area contributed by atoms with E-state index in [1.54, 1.807) is 6.07 Å². The Morgan fingerprint density at radius 1 is 1.47 bits per heavy atom. The second kappa shape index (κ2) is 6.47. The minimum atomic E-state index is -0.399. The number of nitrogens with two attached hydrogens (primary N) is 1. The van der Waals surface area contributed by atoms with Crippen LogP contribution in [0.3, 0.4) is 0 Å². The summed E-state index contributed by atoms with van der Waals surface area (Å²) in [6.07, 6.45) is 2.21. The maximum absolute atomic E-state index is 13.7.